The lowest BCUT2D eigenvalue weighted by Gasteiger charge is -2.36. The van der Waals surface area contributed by atoms with Gasteiger partial charge in [-0.15, -0.1) is 0 Å². The lowest BCUT2D eigenvalue weighted by atomic mass is 9.91. The molecule has 1 amide bonds. The highest BCUT2D eigenvalue weighted by Gasteiger charge is 2.43. The number of halogens is 4. The first-order valence-electron chi connectivity index (χ1n) is 12.7. The fourth-order valence-corrected chi connectivity index (χ4v) is 4.94. The van der Waals surface area contributed by atoms with Crippen molar-refractivity contribution < 1.29 is 27.1 Å². The van der Waals surface area contributed by atoms with E-state index in [1.807, 2.05) is 6.07 Å². The minimum Gasteiger partial charge on any atom is -0.469 e. The first-order valence-corrected chi connectivity index (χ1v) is 12.7. The Morgan fingerprint density at radius 2 is 1.79 bits per heavy atom. The van der Waals surface area contributed by atoms with Crippen LogP contribution in [-0.4, -0.2) is 64.5 Å². The Labute approximate surface area is 223 Å². The van der Waals surface area contributed by atoms with Crippen LogP contribution in [0.5, 0.6) is 5.75 Å². The number of alkyl halides is 2. The van der Waals surface area contributed by atoms with Gasteiger partial charge in [0, 0.05) is 17.8 Å². The highest BCUT2D eigenvalue weighted by atomic mass is 19.3. The second-order valence-electron chi connectivity index (χ2n) is 10.1. The molecule has 1 unspecified atom stereocenters. The molecule has 1 atom stereocenters. The van der Waals surface area contributed by atoms with Crippen LogP contribution in [0.25, 0.3) is 11.3 Å². The minimum absolute atomic E-state index is 0.0164. The molecule has 2 aliphatic heterocycles. The molecule has 0 spiro atoms. The van der Waals surface area contributed by atoms with Gasteiger partial charge in [0.2, 0.25) is 12.1 Å². The predicted molar refractivity (Wildman–Crippen MR) is 137 cm³/mol. The number of pyridine rings is 1. The van der Waals surface area contributed by atoms with Crippen molar-refractivity contribution in [2.24, 2.45) is 0 Å². The standard InChI is InChI=1S/C27H28F4N6O2/c1-14(2)37-20-11-17(10-18(28)23(20)39-24(25(30)31)26(37)38)22-19(29)13-33-27(35-22)34-21-5-4-16(12-32-21)15-6-8-36(3)9-7-15/h4-5,10-15,24-25H,6-9H2,1-3H3,(H,32,33,34,35). The van der Waals surface area contributed by atoms with Gasteiger partial charge in [-0.3, -0.25) is 4.79 Å². The summed E-state index contributed by atoms with van der Waals surface area (Å²) in [5.41, 5.74) is 0.793. The van der Waals surface area contributed by atoms with Crippen LogP contribution in [0, 0.1) is 11.6 Å². The second kappa shape index (κ2) is 10.8. The van der Waals surface area contributed by atoms with Crippen molar-refractivity contribution in [1.82, 2.24) is 19.9 Å². The molecule has 1 saturated heterocycles. The van der Waals surface area contributed by atoms with Crippen LogP contribution in [0.3, 0.4) is 0 Å². The van der Waals surface area contributed by atoms with Gasteiger partial charge in [-0.05, 0) is 76.5 Å². The number of benzene rings is 1. The van der Waals surface area contributed by atoms with Gasteiger partial charge in [0.05, 0.1) is 11.9 Å². The molecule has 4 heterocycles. The van der Waals surface area contributed by atoms with Gasteiger partial charge >= 0.3 is 0 Å². The predicted octanol–water partition coefficient (Wildman–Crippen LogP) is 5.14. The zero-order valence-corrected chi connectivity index (χ0v) is 21.7. The summed E-state index contributed by atoms with van der Waals surface area (Å²) in [7, 11) is 2.10. The molecule has 206 valence electrons. The van der Waals surface area contributed by atoms with E-state index in [0.717, 1.165) is 48.7 Å². The summed E-state index contributed by atoms with van der Waals surface area (Å²) in [6, 6.07) is 5.41. The summed E-state index contributed by atoms with van der Waals surface area (Å²) < 4.78 is 61.8. The van der Waals surface area contributed by atoms with Crippen LogP contribution < -0.4 is 15.0 Å². The molecule has 2 aromatic heterocycles. The van der Waals surface area contributed by atoms with E-state index in [1.165, 1.54) is 6.07 Å². The van der Waals surface area contributed by atoms with Gasteiger partial charge in [-0.2, -0.15) is 0 Å². The van der Waals surface area contributed by atoms with Crippen LogP contribution in [0.4, 0.5) is 35.0 Å². The number of nitrogens with zero attached hydrogens (tertiary/aromatic N) is 5. The van der Waals surface area contributed by atoms with E-state index in [9.17, 15) is 18.0 Å². The average Bonchev–Trinajstić information content (AvgIpc) is 2.90. The van der Waals surface area contributed by atoms with Gasteiger partial charge in [-0.25, -0.2) is 32.5 Å². The van der Waals surface area contributed by atoms with Crippen LogP contribution in [0.1, 0.15) is 38.2 Å². The summed E-state index contributed by atoms with van der Waals surface area (Å²) in [5, 5.41) is 2.93. The lowest BCUT2D eigenvalue weighted by molar-refractivity contribution is -0.134. The summed E-state index contributed by atoms with van der Waals surface area (Å²) in [4.78, 5) is 28.6. The van der Waals surface area contributed by atoms with Gasteiger partial charge in [0.1, 0.15) is 11.5 Å². The molecule has 5 rings (SSSR count). The molecule has 39 heavy (non-hydrogen) atoms. The molecule has 12 heteroatoms. The Morgan fingerprint density at radius 3 is 2.44 bits per heavy atom. The second-order valence-corrected chi connectivity index (χ2v) is 10.1. The Morgan fingerprint density at radius 1 is 1.05 bits per heavy atom. The Bertz CT molecular complexity index is 1360. The number of carbonyl (C=O) groups excluding carboxylic acids is 1. The van der Waals surface area contributed by atoms with Gasteiger partial charge in [0.25, 0.3) is 12.3 Å². The number of hydrogen-bond acceptors (Lipinski definition) is 7. The molecule has 1 N–H and O–H groups in total. The highest BCUT2D eigenvalue weighted by Crippen LogP contribution is 2.42. The molecule has 0 bridgehead atoms. The molecule has 3 aromatic rings. The van der Waals surface area contributed by atoms with Crippen molar-refractivity contribution >= 4 is 23.4 Å². The summed E-state index contributed by atoms with van der Waals surface area (Å²) in [5.74, 6) is -2.46. The third-order valence-electron chi connectivity index (χ3n) is 6.99. The van der Waals surface area contributed by atoms with E-state index < -0.39 is 41.9 Å². The number of hydrogen-bond donors (Lipinski definition) is 1. The molecule has 8 nitrogen and oxygen atoms in total. The van der Waals surface area contributed by atoms with Gasteiger partial charge in [-0.1, -0.05) is 6.07 Å². The number of ether oxygens (including phenoxy) is 1. The van der Waals surface area contributed by atoms with E-state index in [2.05, 4.69) is 32.2 Å². The van der Waals surface area contributed by atoms with Crippen LogP contribution in [-0.2, 0) is 4.79 Å². The van der Waals surface area contributed by atoms with Crippen molar-refractivity contribution in [3.63, 3.8) is 0 Å². The lowest BCUT2D eigenvalue weighted by Crippen LogP contribution is -2.52. The average molecular weight is 545 g/mol. The number of anilines is 3. The SMILES string of the molecule is CC(C)N1C(=O)C(C(F)F)Oc2c(F)cc(-c3nc(Nc4ccc(C5CCN(C)CC5)cn4)ncc3F)cc21. The van der Waals surface area contributed by atoms with Crippen LogP contribution >= 0.6 is 0 Å². The molecule has 0 aliphatic carbocycles. The Hall–Kier alpha value is -3.80. The van der Waals surface area contributed by atoms with Crippen molar-refractivity contribution in [2.75, 3.05) is 30.4 Å². The number of amides is 1. The number of aromatic nitrogens is 3. The molecule has 0 saturated carbocycles. The number of rotatable bonds is 6. The van der Waals surface area contributed by atoms with E-state index in [-0.39, 0.29) is 22.9 Å². The molecule has 0 radical (unpaired) electrons. The Balaban J connectivity index is 1.42. The fraction of sp³-hybridized carbons (Fsp3) is 0.407. The van der Waals surface area contributed by atoms with Crippen LogP contribution in [0.15, 0.2) is 36.7 Å². The maximum absolute atomic E-state index is 15.1. The number of fused-ring (bicyclic) bond motifs is 1. The van der Waals surface area contributed by atoms with Crippen LogP contribution in [0.2, 0.25) is 0 Å². The minimum atomic E-state index is -3.15. The number of nitrogens with one attached hydrogen (secondary N) is 1. The molecule has 1 aromatic carbocycles. The normalized spacial score (nSPS) is 18.4. The zero-order valence-electron chi connectivity index (χ0n) is 21.7. The van der Waals surface area contributed by atoms with Crippen molar-refractivity contribution in [3.8, 4) is 17.0 Å². The van der Waals surface area contributed by atoms with Crippen molar-refractivity contribution in [2.45, 2.75) is 51.2 Å². The number of piperidine rings is 1. The van der Waals surface area contributed by atoms with Gasteiger partial charge in [0.15, 0.2) is 17.4 Å². The monoisotopic (exact) mass is 544 g/mol. The number of carbonyl (C=O) groups is 1. The largest absolute Gasteiger partial charge is 0.469 e. The van der Waals surface area contributed by atoms with Gasteiger partial charge < -0.3 is 19.9 Å². The molecule has 2 aliphatic rings. The first-order chi connectivity index (χ1) is 18.6. The summed E-state index contributed by atoms with van der Waals surface area (Å²) >= 11 is 0. The third-order valence-corrected chi connectivity index (χ3v) is 6.99. The van der Waals surface area contributed by atoms with E-state index >= 15 is 4.39 Å². The highest BCUT2D eigenvalue weighted by molar-refractivity contribution is 6.01. The van der Waals surface area contributed by atoms with E-state index in [0.29, 0.717) is 11.7 Å². The smallest absolute Gasteiger partial charge is 0.283 e. The van der Waals surface area contributed by atoms with Crippen molar-refractivity contribution in [3.05, 3.63) is 53.9 Å². The first kappa shape index (κ1) is 26.8. The van der Waals surface area contributed by atoms with Crippen molar-refractivity contribution in [1.29, 1.82) is 0 Å². The fourth-order valence-electron chi connectivity index (χ4n) is 4.94. The maximum Gasteiger partial charge on any atom is 0.283 e. The topological polar surface area (TPSA) is 83.5 Å². The quantitative estimate of drug-likeness (QED) is 0.431. The molecular formula is C27H28F4N6O2. The summed E-state index contributed by atoms with van der Waals surface area (Å²) in [6.45, 7) is 5.25. The zero-order chi connectivity index (χ0) is 27.8. The molecular weight excluding hydrogens is 516 g/mol. The van der Waals surface area contributed by atoms with E-state index in [1.54, 1.807) is 26.1 Å². The Kier molecular flexibility index (Phi) is 7.39. The van der Waals surface area contributed by atoms with E-state index in [4.69, 9.17) is 4.74 Å². The third kappa shape index (κ3) is 5.38. The maximum atomic E-state index is 15.1. The summed E-state index contributed by atoms with van der Waals surface area (Å²) in [6.07, 6.45) is -0.438. The number of likely N-dealkylation sites (tertiary alicyclic amines) is 1. The molecule has 1 fully saturated rings.